The molecule has 0 saturated heterocycles. The number of rotatable bonds is 2. The zero-order chi connectivity index (χ0) is 9.19. The van der Waals surface area contributed by atoms with Crippen molar-refractivity contribution in [2.24, 2.45) is 5.41 Å². The topological polar surface area (TPSA) is 22.1 Å². The fourth-order valence-electron chi connectivity index (χ4n) is 1.19. The van der Waals surface area contributed by atoms with E-state index in [0.29, 0.717) is 0 Å². The Kier molecular flexibility index (Phi) is 2.85. The van der Waals surface area contributed by atoms with E-state index < -0.39 is 0 Å². The SMILES string of the molecule is COC(c1nccs1)C(C)(C)C. The maximum Gasteiger partial charge on any atom is 0.122 e. The van der Waals surface area contributed by atoms with E-state index in [4.69, 9.17) is 4.74 Å². The Morgan fingerprint density at radius 2 is 2.17 bits per heavy atom. The predicted octanol–water partition coefficient (Wildman–Crippen LogP) is 2.88. The van der Waals surface area contributed by atoms with Gasteiger partial charge >= 0.3 is 0 Å². The van der Waals surface area contributed by atoms with Crippen LogP contribution in [0.4, 0.5) is 0 Å². The Morgan fingerprint density at radius 1 is 1.50 bits per heavy atom. The van der Waals surface area contributed by atoms with Crippen LogP contribution in [0.2, 0.25) is 0 Å². The van der Waals surface area contributed by atoms with E-state index in [1.165, 1.54) is 0 Å². The van der Waals surface area contributed by atoms with E-state index >= 15 is 0 Å². The van der Waals surface area contributed by atoms with Crippen LogP contribution in [-0.2, 0) is 4.74 Å². The highest BCUT2D eigenvalue weighted by Crippen LogP contribution is 2.36. The third-order valence-corrected chi connectivity index (χ3v) is 2.52. The standard InChI is InChI=1S/C9H15NOS/c1-9(2,3)7(11-4)8-10-5-6-12-8/h5-7H,1-4H3. The predicted molar refractivity (Wildman–Crippen MR) is 51.3 cm³/mol. The minimum absolute atomic E-state index is 0.109. The van der Waals surface area contributed by atoms with Gasteiger partial charge in [-0.25, -0.2) is 4.98 Å². The average Bonchev–Trinajstić information content (AvgIpc) is 2.38. The Labute approximate surface area is 77.6 Å². The molecule has 0 saturated carbocycles. The van der Waals surface area contributed by atoms with E-state index in [1.807, 2.05) is 11.6 Å². The third-order valence-electron chi connectivity index (χ3n) is 1.70. The van der Waals surface area contributed by atoms with Gasteiger partial charge in [-0.15, -0.1) is 11.3 Å². The lowest BCUT2D eigenvalue weighted by Gasteiger charge is -2.27. The van der Waals surface area contributed by atoms with Gasteiger partial charge in [0.1, 0.15) is 11.1 Å². The Hall–Kier alpha value is -0.410. The molecule has 1 unspecified atom stereocenters. The van der Waals surface area contributed by atoms with Crippen molar-refractivity contribution in [1.29, 1.82) is 0 Å². The lowest BCUT2D eigenvalue weighted by molar-refractivity contribution is 0.0150. The fraction of sp³-hybridized carbons (Fsp3) is 0.667. The average molecular weight is 185 g/mol. The monoisotopic (exact) mass is 185 g/mol. The number of thiazole rings is 1. The summed E-state index contributed by atoms with van der Waals surface area (Å²) in [5, 5.41) is 3.04. The van der Waals surface area contributed by atoms with E-state index in [1.54, 1.807) is 18.4 Å². The van der Waals surface area contributed by atoms with Gasteiger partial charge in [-0.05, 0) is 5.41 Å². The Morgan fingerprint density at radius 3 is 2.50 bits per heavy atom. The van der Waals surface area contributed by atoms with Gasteiger partial charge in [0.15, 0.2) is 0 Å². The van der Waals surface area contributed by atoms with E-state index in [9.17, 15) is 0 Å². The first-order valence-electron chi connectivity index (χ1n) is 3.98. The molecular weight excluding hydrogens is 170 g/mol. The van der Waals surface area contributed by atoms with Gasteiger partial charge in [0, 0.05) is 18.7 Å². The zero-order valence-electron chi connectivity index (χ0n) is 8.00. The van der Waals surface area contributed by atoms with Gasteiger partial charge in [-0.3, -0.25) is 0 Å². The summed E-state index contributed by atoms with van der Waals surface area (Å²) in [6, 6.07) is 0. The molecule has 68 valence electrons. The molecule has 1 heterocycles. The minimum atomic E-state index is 0.109. The van der Waals surface area contributed by atoms with Crippen molar-refractivity contribution in [3.05, 3.63) is 16.6 Å². The molecule has 3 heteroatoms. The number of aromatic nitrogens is 1. The van der Waals surface area contributed by atoms with Gasteiger partial charge in [0.2, 0.25) is 0 Å². The van der Waals surface area contributed by atoms with Crippen molar-refractivity contribution in [3.63, 3.8) is 0 Å². The molecule has 0 bridgehead atoms. The van der Waals surface area contributed by atoms with Crippen LogP contribution in [-0.4, -0.2) is 12.1 Å². The normalized spacial score (nSPS) is 14.7. The molecule has 1 aromatic rings. The number of ether oxygens (including phenoxy) is 1. The molecule has 0 amide bonds. The van der Waals surface area contributed by atoms with Crippen LogP contribution in [0.15, 0.2) is 11.6 Å². The Bertz CT molecular complexity index is 225. The van der Waals surface area contributed by atoms with Crippen molar-refractivity contribution >= 4 is 11.3 Å². The largest absolute Gasteiger partial charge is 0.374 e. The summed E-state index contributed by atoms with van der Waals surface area (Å²) in [6.45, 7) is 6.47. The molecule has 0 N–H and O–H groups in total. The lowest BCUT2D eigenvalue weighted by Crippen LogP contribution is -2.19. The molecule has 1 aromatic heterocycles. The molecule has 0 radical (unpaired) electrons. The van der Waals surface area contributed by atoms with Crippen LogP contribution in [0.3, 0.4) is 0 Å². The molecule has 0 aliphatic carbocycles. The molecule has 0 aliphatic heterocycles. The zero-order valence-corrected chi connectivity index (χ0v) is 8.81. The smallest absolute Gasteiger partial charge is 0.122 e. The van der Waals surface area contributed by atoms with Crippen molar-refractivity contribution in [2.45, 2.75) is 26.9 Å². The van der Waals surface area contributed by atoms with Crippen LogP contribution in [0.5, 0.6) is 0 Å². The maximum absolute atomic E-state index is 5.41. The van der Waals surface area contributed by atoms with Gasteiger partial charge in [0.05, 0.1) is 0 Å². The van der Waals surface area contributed by atoms with Crippen LogP contribution in [0, 0.1) is 5.41 Å². The molecule has 0 fully saturated rings. The van der Waals surface area contributed by atoms with Crippen LogP contribution in [0.25, 0.3) is 0 Å². The van der Waals surface area contributed by atoms with Crippen molar-refractivity contribution in [1.82, 2.24) is 4.98 Å². The van der Waals surface area contributed by atoms with E-state index in [-0.39, 0.29) is 11.5 Å². The molecule has 1 atom stereocenters. The van der Waals surface area contributed by atoms with Gasteiger partial charge in [0.25, 0.3) is 0 Å². The van der Waals surface area contributed by atoms with Crippen molar-refractivity contribution in [3.8, 4) is 0 Å². The lowest BCUT2D eigenvalue weighted by atomic mass is 9.89. The van der Waals surface area contributed by atoms with Crippen LogP contribution in [0.1, 0.15) is 31.9 Å². The molecule has 2 nitrogen and oxygen atoms in total. The van der Waals surface area contributed by atoms with Gasteiger partial charge in [-0.1, -0.05) is 20.8 Å². The quantitative estimate of drug-likeness (QED) is 0.706. The molecule has 0 spiro atoms. The third kappa shape index (κ3) is 2.05. The van der Waals surface area contributed by atoms with Crippen LogP contribution >= 0.6 is 11.3 Å². The number of hydrogen-bond donors (Lipinski definition) is 0. The summed E-state index contributed by atoms with van der Waals surface area (Å²) in [4.78, 5) is 4.25. The second-order valence-corrected chi connectivity index (χ2v) is 4.78. The Balaban J connectivity index is 2.84. The summed E-state index contributed by atoms with van der Waals surface area (Å²) >= 11 is 1.65. The van der Waals surface area contributed by atoms with Crippen LogP contribution < -0.4 is 0 Å². The second kappa shape index (κ2) is 3.54. The van der Waals surface area contributed by atoms with E-state index in [2.05, 4.69) is 25.8 Å². The highest BCUT2D eigenvalue weighted by Gasteiger charge is 2.27. The van der Waals surface area contributed by atoms with Gasteiger partial charge in [-0.2, -0.15) is 0 Å². The maximum atomic E-state index is 5.41. The first-order chi connectivity index (χ1) is 5.55. The molecular formula is C9H15NOS. The summed E-state index contributed by atoms with van der Waals surface area (Å²) in [7, 11) is 1.73. The number of nitrogens with zero attached hydrogens (tertiary/aromatic N) is 1. The summed E-state index contributed by atoms with van der Waals surface area (Å²) in [5.41, 5.74) is 0.118. The van der Waals surface area contributed by atoms with Crippen molar-refractivity contribution < 1.29 is 4.74 Å². The molecule has 12 heavy (non-hydrogen) atoms. The first-order valence-corrected chi connectivity index (χ1v) is 4.86. The highest BCUT2D eigenvalue weighted by atomic mass is 32.1. The summed E-state index contributed by atoms with van der Waals surface area (Å²) in [6.07, 6.45) is 1.93. The highest BCUT2D eigenvalue weighted by molar-refractivity contribution is 7.09. The minimum Gasteiger partial charge on any atom is -0.374 e. The first kappa shape index (κ1) is 9.68. The molecule has 0 aromatic carbocycles. The van der Waals surface area contributed by atoms with Gasteiger partial charge < -0.3 is 4.74 Å². The van der Waals surface area contributed by atoms with E-state index in [0.717, 1.165) is 5.01 Å². The van der Waals surface area contributed by atoms with Crippen molar-refractivity contribution in [2.75, 3.05) is 7.11 Å². The number of methoxy groups -OCH3 is 1. The molecule has 1 rings (SSSR count). The second-order valence-electron chi connectivity index (χ2n) is 3.85. The summed E-state index contributed by atoms with van der Waals surface area (Å²) in [5.74, 6) is 0. The fourth-order valence-corrected chi connectivity index (χ4v) is 2.14. The number of hydrogen-bond acceptors (Lipinski definition) is 3. The summed E-state index contributed by atoms with van der Waals surface area (Å²) < 4.78 is 5.41. The molecule has 0 aliphatic rings.